The highest BCUT2D eigenvalue weighted by molar-refractivity contribution is 5.64. The van der Waals surface area contributed by atoms with Gasteiger partial charge >= 0.3 is 6.16 Å². The maximum absolute atomic E-state index is 12.6. The van der Waals surface area contributed by atoms with Crippen LogP contribution in [0.2, 0.25) is 0 Å². The summed E-state index contributed by atoms with van der Waals surface area (Å²) in [6, 6.07) is 1.71. The Bertz CT molecular complexity index is 525. The Morgan fingerprint density at radius 2 is 1.95 bits per heavy atom. The van der Waals surface area contributed by atoms with Crippen molar-refractivity contribution in [2.24, 2.45) is 5.92 Å². The van der Waals surface area contributed by atoms with Crippen LogP contribution in [0.1, 0.15) is 57.7 Å². The highest BCUT2D eigenvalue weighted by atomic mass is 16.7. The number of ether oxygens (including phenoxy) is 1. The van der Waals surface area contributed by atoms with Crippen molar-refractivity contribution >= 4 is 6.16 Å². The molecule has 0 amide bonds. The zero-order valence-corrected chi connectivity index (χ0v) is 13.7. The molecule has 1 aromatic rings. The molecule has 0 saturated heterocycles. The lowest BCUT2D eigenvalue weighted by Gasteiger charge is -2.30. The third kappa shape index (κ3) is 4.38. The van der Waals surface area contributed by atoms with Crippen LogP contribution in [0.4, 0.5) is 4.79 Å². The highest BCUT2D eigenvalue weighted by Crippen LogP contribution is 2.38. The number of benzene rings is 1. The van der Waals surface area contributed by atoms with Gasteiger partial charge in [0.25, 0.3) is 0 Å². The Hall–Kier alpha value is -1.71. The van der Waals surface area contributed by atoms with Crippen LogP contribution in [0.25, 0.3) is 0 Å². The molecule has 0 aliphatic heterocycles. The van der Waals surface area contributed by atoms with Crippen LogP contribution in [0.3, 0.4) is 0 Å². The summed E-state index contributed by atoms with van der Waals surface area (Å²) in [7, 11) is 0. The fourth-order valence-corrected chi connectivity index (χ4v) is 2.34. The molecule has 0 aliphatic rings. The van der Waals surface area contributed by atoms with E-state index in [1.54, 1.807) is 13.0 Å². The minimum atomic E-state index is -1.40. The van der Waals surface area contributed by atoms with Crippen LogP contribution in [0, 0.1) is 12.8 Å². The summed E-state index contributed by atoms with van der Waals surface area (Å²) < 4.78 is 4.76. The lowest BCUT2D eigenvalue weighted by molar-refractivity contribution is -0.270. The average Bonchev–Trinajstić information content (AvgIpc) is 2.31. The fourth-order valence-electron chi connectivity index (χ4n) is 2.34. The average molecular weight is 293 g/mol. The van der Waals surface area contributed by atoms with Crippen LogP contribution in [-0.4, -0.2) is 11.3 Å². The standard InChI is InChI=1S/C17H26O4/c1-10(2)7-8-12-13(17(4,5)6)9-14(21-16(19)20)11(3)15(12)18/h9-10,18H,7-8H2,1-6H3,(H,19,20)/p-1. The van der Waals surface area contributed by atoms with Crippen molar-refractivity contribution in [3.05, 3.63) is 22.8 Å². The molecule has 1 N–H and O–H groups in total. The topological polar surface area (TPSA) is 69.6 Å². The number of hydrogen-bond donors (Lipinski definition) is 1. The summed E-state index contributed by atoms with van der Waals surface area (Å²) in [5.41, 5.74) is 1.78. The lowest BCUT2D eigenvalue weighted by Crippen LogP contribution is -2.18. The van der Waals surface area contributed by atoms with Gasteiger partial charge in [-0.1, -0.05) is 45.9 Å². The van der Waals surface area contributed by atoms with Gasteiger partial charge in [-0.15, -0.1) is 0 Å². The van der Waals surface area contributed by atoms with Gasteiger partial charge in [0.05, 0.1) is 0 Å². The molecule has 0 aliphatic carbocycles. The van der Waals surface area contributed by atoms with Crippen molar-refractivity contribution < 1.29 is 19.7 Å². The number of rotatable bonds is 4. The first kappa shape index (κ1) is 17.3. The Kier molecular flexibility index (Phi) is 5.26. The maximum Gasteiger partial charge on any atom is 0.511 e. The third-order valence-electron chi connectivity index (χ3n) is 3.56. The Balaban J connectivity index is 3.40. The van der Waals surface area contributed by atoms with E-state index in [1.165, 1.54) is 0 Å². The summed E-state index contributed by atoms with van der Waals surface area (Å²) in [6.45, 7) is 11.9. The molecule has 1 rings (SSSR count). The lowest BCUT2D eigenvalue weighted by atomic mass is 9.80. The third-order valence-corrected chi connectivity index (χ3v) is 3.56. The zero-order chi connectivity index (χ0) is 16.4. The number of carbonyl (C=O) groups is 1. The van der Waals surface area contributed by atoms with Crippen molar-refractivity contribution in [2.75, 3.05) is 0 Å². The highest BCUT2D eigenvalue weighted by Gasteiger charge is 2.22. The quantitative estimate of drug-likeness (QED) is 0.672. The molecule has 1 aromatic carbocycles. The number of carboxylic acid groups (broad SMARTS) is 1. The monoisotopic (exact) mass is 293 g/mol. The molecule has 4 nitrogen and oxygen atoms in total. The van der Waals surface area contributed by atoms with Crippen LogP contribution < -0.4 is 9.84 Å². The molecule has 0 bridgehead atoms. The van der Waals surface area contributed by atoms with E-state index >= 15 is 0 Å². The summed E-state index contributed by atoms with van der Waals surface area (Å²) >= 11 is 0. The van der Waals surface area contributed by atoms with Gasteiger partial charge in [0.1, 0.15) is 5.75 Å². The molecule has 0 aromatic heterocycles. The van der Waals surface area contributed by atoms with Gasteiger partial charge in [-0.25, -0.2) is 4.79 Å². The zero-order valence-electron chi connectivity index (χ0n) is 13.7. The Morgan fingerprint density at radius 3 is 2.38 bits per heavy atom. The molecule has 0 spiro atoms. The van der Waals surface area contributed by atoms with Crippen LogP contribution >= 0.6 is 0 Å². The molecular weight excluding hydrogens is 268 g/mol. The van der Waals surface area contributed by atoms with E-state index in [2.05, 4.69) is 13.8 Å². The molecule has 118 valence electrons. The summed E-state index contributed by atoms with van der Waals surface area (Å²) in [4.78, 5) is 10.8. The Morgan fingerprint density at radius 1 is 1.38 bits per heavy atom. The van der Waals surface area contributed by atoms with Gasteiger partial charge in [0, 0.05) is 0 Å². The molecule has 21 heavy (non-hydrogen) atoms. The van der Waals surface area contributed by atoms with Crippen LogP contribution in [0.5, 0.6) is 11.5 Å². The normalized spacial score (nSPS) is 11.8. The molecule has 0 unspecified atom stereocenters. The number of hydrogen-bond acceptors (Lipinski definition) is 3. The minimum Gasteiger partial charge on any atom is -0.872 e. The van der Waals surface area contributed by atoms with Gasteiger partial charge in [0.2, 0.25) is 0 Å². The van der Waals surface area contributed by atoms with E-state index < -0.39 is 6.16 Å². The summed E-state index contributed by atoms with van der Waals surface area (Å²) in [5, 5.41) is 21.4. The molecular formula is C17H25O4-. The van der Waals surface area contributed by atoms with Crippen molar-refractivity contribution in [1.29, 1.82) is 0 Å². The second kappa shape index (κ2) is 6.37. The molecule has 0 atom stereocenters. The largest absolute Gasteiger partial charge is 0.872 e. The van der Waals surface area contributed by atoms with Gasteiger partial charge in [-0.05, 0) is 48.3 Å². The molecule has 0 saturated carbocycles. The van der Waals surface area contributed by atoms with E-state index in [0.717, 1.165) is 17.5 Å². The van der Waals surface area contributed by atoms with Gasteiger partial charge in [0.15, 0.2) is 0 Å². The second-order valence-electron chi connectivity index (χ2n) is 6.91. The fraction of sp³-hybridized carbons (Fsp3) is 0.588. The van der Waals surface area contributed by atoms with Gasteiger partial charge in [-0.2, -0.15) is 0 Å². The van der Waals surface area contributed by atoms with E-state index in [0.29, 0.717) is 17.9 Å². The predicted molar refractivity (Wildman–Crippen MR) is 81.1 cm³/mol. The first-order valence-corrected chi connectivity index (χ1v) is 7.28. The van der Waals surface area contributed by atoms with Crippen molar-refractivity contribution in [3.8, 4) is 11.5 Å². The van der Waals surface area contributed by atoms with E-state index in [-0.39, 0.29) is 16.9 Å². The van der Waals surface area contributed by atoms with Crippen molar-refractivity contribution in [3.63, 3.8) is 0 Å². The molecule has 0 radical (unpaired) electrons. The van der Waals surface area contributed by atoms with Crippen molar-refractivity contribution in [1.82, 2.24) is 0 Å². The maximum atomic E-state index is 12.6. The molecule has 0 heterocycles. The molecule has 0 fully saturated rings. The van der Waals surface area contributed by atoms with Gasteiger partial charge in [-0.3, -0.25) is 0 Å². The van der Waals surface area contributed by atoms with Crippen LogP contribution in [0.15, 0.2) is 6.07 Å². The SMILES string of the molecule is Cc1c(OC(=O)O)cc(C(C)(C)C)c(CCC(C)C)c1[O-]. The van der Waals surface area contributed by atoms with Gasteiger partial charge < -0.3 is 14.9 Å². The first-order valence-electron chi connectivity index (χ1n) is 7.28. The minimum absolute atomic E-state index is 0.0978. The second-order valence-corrected chi connectivity index (χ2v) is 6.91. The van der Waals surface area contributed by atoms with E-state index in [9.17, 15) is 9.90 Å². The Labute approximate surface area is 126 Å². The van der Waals surface area contributed by atoms with Crippen LogP contribution in [-0.2, 0) is 11.8 Å². The van der Waals surface area contributed by atoms with E-state index in [4.69, 9.17) is 9.84 Å². The van der Waals surface area contributed by atoms with Crippen molar-refractivity contribution in [2.45, 2.75) is 59.8 Å². The summed E-state index contributed by atoms with van der Waals surface area (Å²) in [5.74, 6) is 0.553. The summed E-state index contributed by atoms with van der Waals surface area (Å²) in [6.07, 6.45) is 0.237. The molecule has 4 heteroatoms. The van der Waals surface area contributed by atoms with E-state index in [1.807, 2.05) is 20.8 Å². The smallest absolute Gasteiger partial charge is 0.511 e. The first-order chi connectivity index (χ1) is 9.54. The predicted octanol–water partition coefficient (Wildman–Crippen LogP) is 4.01.